The zero-order valence-corrected chi connectivity index (χ0v) is 27.9. The van der Waals surface area contributed by atoms with Gasteiger partial charge in [-0.05, 0) is 102 Å². The van der Waals surface area contributed by atoms with E-state index >= 15 is 0 Å². The molecule has 4 nitrogen and oxygen atoms in total. The van der Waals surface area contributed by atoms with Crippen molar-refractivity contribution in [2.45, 2.75) is 0 Å². The van der Waals surface area contributed by atoms with Crippen molar-refractivity contribution >= 4 is 82.9 Å². The molecule has 0 unspecified atom stereocenters. The number of anilines is 3. The number of rotatable bonds is 5. The maximum Gasteiger partial charge on any atom is 0.143 e. The normalized spacial score (nSPS) is 11.8. The van der Waals surface area contributed by atoms with Crippen LogP contribution in [0.5, 0.6) is 0 Å². The molecular formula is C48H29NO3. The van der Waals surface area contributed by atoms with Gasteiger partial charge >= 0.3 is 0 Å². The van der Waals surface area contributed by atoms with Crippen molar-refractivity contribution in [2.75, 3.05) is 4.90 Å². The van der Waals surface area contributed by atoms with E-state index in [-0.39, 0.29) is 0 Å². The number of hydrogen-bond acceptors (Lipinski definition) is 4. The molecule has 0 aliphatic carbocycles. The maximum atomic E-state index is 6.70. The molecule has 4 heteroatoms. The molecular weight excluding hydrogens is 639 g/mol. The summed E-state index contributed by atoms with van der Waals surface area (Å²) in [5, 5.41) is 6.56. The molecule has 3 aromatic heterocycles. The van der Waals surface area contributed by atoms with Gasteiger partial charge < -0.3 is 18.2 Å². The van der Waals surface area contributed by atoms with Crippen molar-refractivity contribution < 1.29 is 13.3 Å². The van der Waals surface area contributed by atoms with Crippen molar-refractivity contribution in [1.29, 1.82) is 0 Å². The number of furan rings is 3. The van der Waals surface area contributed by atoms with E-state index in [0.29, 0.717) is 0 Å². The number of nitrogens with zero attached hydrogens (tertiary/aromatic N) is 1. The molecule has 0 saturated heterocycles. The summed E-state index contributed by atoms with van der Waals surface area (Å²) in [7, 11) is 0. The van der Waals surface area contributed by atoms with E-state index in [1.807, 2.05) is 24.3 Å². The van der Waals surface area contributed by atoms with Gasteiger partial charge in [0.2, 0.25) is 0 Å². The third-order valence-electron chi connectivity index (χ3n) is 10.3. The Morgan fingerprint density at radius 2 is 0.827 bits per heavy atom. The van der Waals surface area contributed by atoms with E-state index in [1.165, 1.54) is 0 Å². The average Bonchev–Trinajstić information content (AvgIpc) is 3.89. The van der Waals surface area contributed by atoms with E-state index in [0.717, 1.165) is 105 Å². The van der Waals surface area contributed by atoms with Gasteiger partial charge in [-0.1, -0.05) is 91.0 Å². The Labute approximate surface area is 298 Å². The maximum absolute atomic E-state index is 6.70. The molecule has 0 atom stereocenters. The van der Waals surface area contributed by atoms with Crippen molar-refractivity contribution in [3.05, 3.63) is 176 Å². The summed E-state index contributed by atoms with van der Waals surface area (Å²) in [4.78, 5) is 2.28. The molecule has 0 fully saturated rings. The van der Waals surface area contributed by atoms with Gasteiger partial charge in [0.25, 0.3) is 0 Å². The number of fused-ring (bicyclic) bond motifs is 9. The minimum atomic E-state index is 0.857. The predicted molar refractivity (Wildman–Crippen MR) is 214 cm³/mol. The molecule has 0 amide bonds. The van der Waals surface area contributed by atoms with Crippen LogP contribution in [0.3, 0.4) is 0 Å². The molecule has 11 rings (SSSR count). The zero-order chi connectivity index (χ0) is 34.2. The highest BCUT2D eigenvalue weighted by molar-refractivity contribution is 6.13. The van der Waals surface area contributed by atoms with Crippen LogP contribution < -0.4 is 4.90 Å². The average molecular weight is 668 g/mol. The van der Waals surface area contributed by atoms with Crippen molar-refractivity contribution in [3.8, 4) is 22.3 Å². The first-order valence-electron chi connectivity index (χ1n) is 17.5. The summed E-state index contributed by atoms with van der Waals surface area (Å²) >= 11 is 0. The Morgan fingerprint density at radius 1 is 0.288 bits per heavy atom. The molecule has 11 aromatic rings. The zero-order valence-electron chi connectivity index (χ0n) is 27.9. The van der Waals surface area contributed by atoms with Crippen molar-refractivity contribution in [3.63, 3.8) is 0 Å². The first-order chi connectivity index (χ1) is 25.7. The smallest absolute Gasteiger partial charge is 0.143 e. The van der Waals surface area contributed by atoms with Gasteiger partial charge in [0, 0.05) is 54.9 Å². The second-order valence-electron chi connectivity index (χ2n) is 13.3. The lowest BCUT2D eigenvalue weighted by Gasteiger charge is -2.25. The number of para-hydroxylation sites is 4. The highest BCUT2D eigenvalue weighted by Gasteiger charge is 2.18. The third-order valence-corrected chi connectivity index (χ3v) is 10.3. The fourth-order valence-corrected chi connectivity index (χ4v) is 7.78. The third kappa shape index (κ3) is 4.48. The van der Waals surface area contributed by atoms with Crippen LogP contribution in [0.15, 0.2) is 189 Å². The van der Waals surface area contributed by atoms with Crippen LogP contribution in [0.25, 0.3) is 88.1 Å². The molecule has 52 heavy (non-hydrogen) atoms. The van der Waals surface area contributed by atoms with Gasteiger partial charge in [-0.25, -0.2) is 0 Å². The first-order valence-corrected chi connectivity index (χ1v) is 17.5. The molecule has 0 aliphatic rings. The number of hydrogen-bond donors (Lipinski definition) is 0. The minimum Gasteiger partial charge on any atom is -0.456 e. The molecule has 0 saturated carbocycles. The Bertz CT molecular complexity index is 3090. The van der Waals surface area contributed by atoms with Crippen molar-refractivity contribution in [2.24, 2.45) is 0 Å². The Hall–Kier alpha value is -7.04. The number of benzene rings is 8. The van der Waals surface area contributed by atoms with Crippen LogP contribution in [0.2, 0.25) is 0 Å². The molecule has 244 valence electrons. The van der Waals surface area contributed by atoms with Crippen LogP contribution in [-0.2, 0) is 0 Å². The molecule has 8 aromatic carbocycles. The molecule has 0 bridgehead atoms. The topological polar surface area (TPSA) is 42.7 Å². The van der Waals surface area contributed by atoms with Gasteiger partial charge in [-0.3, -0.25) is 0 Å². The Balaban J connectivity index is 1.02. The molecule has 0 spiro atoms. The largest absolute Gasteiger partial charge is 0.456 e. The highest BCUT2D eigenvalue weighted by Crippen LogP contribution is 2.42. The molecule has 0 N–H and O–H groups in total. The lowest BCUT2D eigenvalue weighted by molar-refractivity contribution is 0.668. The summed E-state index contributed by atoms with van der Waals surface area (Å²) in [5.41, 5.74) is 12.8. The summed E-state index contributed by atoms with van der Waals surface area (Å²) < 4.78 is 19.2. The van der Waals surface area contributed by atoms with Crippen LogP contribution in [0.4, 0.5) is 17.1 Å². The second kappa shape index (κ2) is 11.2. The van der Waals surface area contributed by atoms with E-state index in [4.69, 9.17) is 13.3 Å². The van der Waals surface area contributed by atoms with Crippen LogP contribution >= 0.6 is 0 Å². The van der Waals surface area contributed by atoms with E-state index in [2.05, 4.69) is 157 Å². The summed E-state index contributed by atoms with van der Waals surface area (Å²) in [6.45, 7) is 0. The quantitative estimate of drug-likeness (QED) is 0.183. The monoisotopic (exact) mass is 667 g/mol. The highest BCUT2D eigenvalue weighted by atomic mass is 16.3. The summed E-state index contributed by atoms with van der Waals surface area (Å²) in [5.74, 6) is 0. The van der Waals surface area contributed by atoms with E-state index in [1.54, 1.807) is 0 Å². The van der Waals surface area contributed by atoms with Crippen LogP contribution in [0.1, 0.15) is 0 Å². The predicted octanol–water partition coefficient (Wildman–Crippen LogP) is 14.2. The Kier molecular flexibility index (Phi) is 6.22. The standard InChI is InChI=1S/C48H29NO3/c1-3-10-33(11-4-1)49(34-12-5-2-6-13-34)35-21-25-46-42(29-35)41-26-30(19-23-45(41)51-46)31-18-22-38-39-16-9-15-36(48(39)52-47(38)28-31)32-20-24-44-40(27-32)37-14-7-8-17-43(37)50-44/h1-29H. The van der Waals surface area contributed by atoms with E-state index in [9.17, 15) is 0 Å². The van der Waals surface area contributed by atoms with E-state index < -0.39 is 0 Å². The minimum absolute atomic E-state index is 0.857. The SMILES string of the molecule is c1ccc(N(c2ccccc2)c2ccc3oc4ccc(-c5ccc6c(c5)oc5c(-c7ccc8oc9ccccc9c8c7)cccc56)cc4c3c2)cc1. The first kappa shape index (κ1) is 28.8. The lowest BCUT2D eigenvalue weighted by atomic mass is 9.99. The van der Waals surface area contributed by atoms with Gasteiger partial charge in [0.15, 0.2) is 0 Å². The van der Waals surface area contributed by atoms with Crippen LogP contribution in [-0.4, -0.2) is 0 Å². The van der Waals surface area contributed by atoms with Gasteiger partial charge in [-0.15, -0.1) is 0 Å². The summed E-state index contributed by atoms with van der Waals surface area (Å²) in [6.07, 6.45) is 0. The van der Waals surface area contributed by atoms with Gasteiger partial charge in [-0.2, -0.15) is 0 Å². The van der Waals surface area contributed by atoms with Gasteiger partial charge in [0.1, 0.15) is 33.5 Å². The lowest BCUT2D eigenvalue weighted by Crippen LogP contribution is -2.09. The van der Waals surface area contributed by atoms with Gasteiger partial charge in [0.05, 0.1) is 0 Å². The summed E-state index contributed by atoms with van der Waals surface area (Å²) in [6, 6.07) is 61.3. The van der Waals surface area contributed by atoms with Crippen molar-refractivity contribution in [1.82, 2.24) is 0 Å². The Morgan fingerprint density at radius 3 is 1.60 bits per heavy atom. The van der Waals surface area contributed by atoms with Crippen LogP contribution in [0, 0.1) is 0 Å². The molecule has 3 heterocycles. The fourth-order valence-electron chi connectivity index (χ4n) is 7.78. The second-order valence-corrected chi connectivity index (χ2v) is 13.3. The fraction of sp³-hybridized carbons (Fsp3) is 0. The molecule has 0 radical (unpaired) electrons. The molecule has 0 aliphatic heterocycles.